The molecule has 0 aliphatic rings. The monoisotopic (exact) mass is 125 g/mol. The van der Waals surface area contributed by atoms with Gasteiger partial charge in [-0.2, -0.15) is 4.73 Å². The van der Waals surface area contributed by atoms with Crippen molar-refractivity contribution in [3.05, 3.63) is 34.2 Å². The van der Waals surface area contributed by atoms with Crippen LogP contribution in [0, 0.1) is 6.92 Å². The molecule has 0 aliphatic heterocycles. The van der Waals surface area contributed by atoms with Crippen LogP contribution in [0.4, 0.5) is 0 Å². The van der Waals surface area contributed by atoms with Gasteiger partial charge in [0.15, 0.2) is 5.43 Å². The Morgan fingerprint density at radius 2 is 2.33 bits per heavy atom. The van der Waals surface area contributed by atoms with Crippen LogP contribution in [0.15, 0.2) is 23.1 Å². The number of aromatic nitrogens is 1. The van der Waals surface area contributed by atoms with Crippen LogP contribution in [0.25, 0.3) is 0 Å². The van der Waals surface area contributed by atoms with E-state index in [0.29, 0.717) is 5.69 Å². The Morgan fingerprint density at radius 3 is 2.78 bits per heavy atom. The molecule has 0 saturated heterocycles. The number of pyridine rings is 1. The Kier molecular flexibility index (Phi) is 1.26. The van der Waals surface area contributed by atoms with Crippen LogP contribution in [0.3, 0.4) is 0 Å². The summed E-state index contributed by atoms with van der Waals surface area (Å²) in [6, 6.07) is 2.66. The molecule has 1 N–H and O–H groups in total. The van der Waals surface area contributed by atoms with Gasteiger partial charge >= 0.3 is 0 Å². The summed E-state index contributed by atoms with van der Waals surface area (Å²) in [4.78, 5) is 10.5. The van der Waals surface area contributed by atoms with Gasteiger partial charge in [-0.05, 0) is 6.92 Å². The van der Waals surface area contributed by atoms with Crippen molar-refractivity contribution in [2.45, 2.75) is 6.92 Å². The fourth-order valence-corrected chi connectivity index (χ4v) is 0.582. The molecule has 0 amide bonds. The summed E-state index contributed by atoms with van der Waals surface area (Å²) in [5.41, 5.74) is 0.459. The molecular weight excluding hydrogens is 118 g/mol. The molecule has 1 aromatic heterocycles. The Balaban J connectivity index is 3.34. The first kappa shape index (κ1) is 5.88. The van der Waals surface area contributed by atoms with Crippen molar-refractivity contribution in [1.82, 2.24) is 4.73 Å². The van der Waals surface area contributed by atoms with Crippen LogP contribution < -0.4 is 5.43 Å². The quantitative estimate of drug-likeness (QED) is 0.510. The van der Waals surface area contributed by atoms with Crippen molar-refractivity contribution >= 4 is 0 Å². The molecule has 9 heavy (non-hydrogen) atoms. The van der Waals surface area contributed by atoms with Gasteiger partial charge in [0.2, 0.25) is 0 Å². The first-order valence-electron chi connectivity index (χ1n) is 2.59. The van der Waals surface area contributed by atoms with E-state index in [2.05, 4.69) is 0 Å². The highest BCUT2D eigenvalue weighted by Crippen LogP contribution is 1.86. The summed E-state index contributed by atoms with van der Waals surface area (Å²) < 4.78 is 0.904. The standard InChI is InChI=1S/C6H7NO2/c1-5-4-6(8)2-3-7(5)9/h2-4,9H,1H3. The summed E-state index contributed by atoms with van der Waals surface area (Å²) >= 11 is 0. The molecule has 0 unspecified atom stereocenters. The van der Waals surface area contributed by atoms with Crippen molar-refractivity contribution in [2.75, 3.05) is 0 Å². The molecule has 0 saturated carbocycles. The lowest BCUT2D eigenvalue weighted by Crippen LogP contribution is -2.04. The van der Waals surface area contributed by atoms with E-state index in [1.165, 1.54) is 18.3 Å². The van der Waals surface area contributed by atoms with Gasteiger partial charge in [0.25, 0.3) is 0 Å². The Labute approximate surface area is 52.1 Å². The molecule has 3 nitrogen and oxygen atoms in total. The molecule has 1 rings (SSSR count). The van der Waals surface area contributed by atoms with Gasteiger partial charge in [-0.3, -0.25) is 4.79 Å². The van der Waals surface area contributed by atoms with Crippen molar-refractivity contribution in [1.29, 1.82) is 0 Å². The fourth-order valence-electron chi connectivity index (χ4n) is 0.582. The van der Waals surface area contributed by atoms with Gasteiger partial charge in [0, 0.05) is 18.3 Å². The molecule has 0 atom stereocenters. The third-order valence-electron chi connectivity index (χ3n) is 1.09. The maximum atomic E-state index is 10.5. The lowest BCUT2D eigenvalue weighted by atomic mass is 10.4. The molecular formula is C6H7NO2. The van der Waals surface area contributed by atoms with Crippen LogP contribution in [-0.4, -0.2) is 9.94 Å². The Morgan fingerprint density at radius 1 is 1.67 bits per heavy atom. The lowest BCUT2D eigenvalue weighted by Gasteiger charge is -1.97. The molecule has 0 fully saturated rings. The zero-order valence-corrected chi connectivity index (χ0v) is 5.03. The van der Waals surface area contributed by atoms with E-state index < -0.39 is 0 Å². The first-order chi connectivity index (χ1) is 4.20. The summed E-state index contributed by atoms with van der Waals surface area (Å²) in [6.45, 7) is 1.65. The second-order valence-corrected chi connectivity index (χ2v) is 1.85. The number of aryl methyl sites for hydroxylation is 1. The SMILES string of the molecule is Cc1cc(=O)ccn1O. The van der Waals surface area contributed by atoms with Crippen molar-refractivity contribution in [2.24, 2.45) is 0 Å². The maximum Gasteiger partial charge on any atom is 0.182 e. The molecule has 0 spiro atoms. The van der Waals surface area contributed by atoms with E-state index in [-0.39, 0.29) is 5.43 Å². The minimum atomic E-state index is -0.0854. The molecule has 1 heterocycles. The Bertz CT molecular complexity index is 264. The number of hydrogen-bond donors (Lipinski definition) is 1. The summed E-state index contributed by atoms with van der Waals surface area (Å²) in [5, 5.41) is 8.82. The maximum absolute atomic E-state index is 10.5. The molecule has 0 radical (unpaired) electrons. The Hall–Kier alpha value is -1.25. The van der Waals surface area contributed by atoms with E-state index in [1.807, 2.05) is 0 Å². The van der Waals surface area contributed by atoms with E-state index in [4.69, 9.17) is 5.21 Å². The molecule has 0 aromatic carbocycles. The van der Waals surface area contributed by atoms with Crippen LogP contribution in [0.2, 0.25) is 0 Å². The van der Waals surface area contributed by atoms with Gasteiger partial charge in [-0.15, -0.1) is 0 Å². The molecule has 0 aliphatic carbocycles. The van der Waals surface area contributed by atoms with Crippen molar-refractivity contribution in [3.63, 3.8) is 0 Å². The summed E-state index contributed by atoms with van der Waals surface area (Å²) in [7, 11) is 0. The average Bonchev–Trinajstić information content (AvgIpc) is 1.80. The van der Waals surface area contributed by atoms with Gasteiger partial charge < -0.3 is 5.21 Å². The highest BCUT2D eigenvalue weighted by atomic mass is 16.5. The number of nitrogens with zero attached hydrogens (tertiary/aromatic N) is 1. The second-order valence-electron chi connectivity index (χ2n) is 1.85. The second kappa shape index (κ2) is 1.93. The average molecular weight is 125 g/mol. The molecule has 0 bridgehead atoms. The highest BCUT2D eigenvalue weighted by Gasteiger charge is 1.88. The topological polar surface area (TPSA) is 42.2 Å². The van der Waals surface area contributed by atoms with Gasteiger partial charge in [0.05, 0.1) is 5.69 Å². The van der Waals surface area contributed by atoms with E-state index in [9.17, 15) is 4.79 Å². The van der Waals surface area contributed by atoms with E-state index in [1.54, 1.807) is 6.92 Å². The fraction of sp³-hybridized carbons (Fsp3) is 0.167. The number of rotatable bonds is 0. The van der Waals surface area contributed by atoms with Gasteiger partial charge in [-0.1, -0.05) is 0 Å². The van der Waals surface area contributed by atoms with Gasteiger partial charge in [0.1, 0.15) is 0 Å². The van der Waals surface area contributed by atoms with Crippen molar-refractivity contribution in [3.8, 4) is 0 Å². The smallest absolute Gasteiger partial charge is 0.182 e. The predicted octanol–water partition coefficient (Wildman–Crippen LogP) is 0.394. The van der Waals surface area contributed by atoms with Crippen LogP contribution in [0.5, 0.6) is 0 Å². The third-order valence-corrected chi connectivity index (χ3v) is 1.09. The molecule has 1 aromatic rings. The van der Waals surface area contributed by atoms with Crippen LogP contribution in [-0.2, 0) is 0 Å². The summed E-state index contributed by atoms with van der Waals surface area (Å²) in [6.07, 6.45) is 1.32. The minimum Gasteiger partial charge on any atom is -0.429 e. The highest BCUT2D eigenvalue weighted by molar-refractivity contribution is 5.02. The zero-order valence-electron chi connectivity index (χ0n) is 5.03. The van der Waals surface area contributed by atoms with Crippen molar-refractivity contribution < 1.29 is 5.21 Å². The predicted molar refractivity (Wildman–Crippen MR) is 32.6 cm³/mol. The minimum absolute atomic E-state index is 0.0854. The normalized spacial score (nSPS) is 9.44. The molecule has 48 valence electrons. The first-order valence-corrected chi connectivity index (χ1v) is 2.59. The lowest BCUT2D eigenvalue weighted by molar-refractivity contribution is 0.177. The van der Waals surface area contributed by atoms with Gasteiger partial charge in [-0.25, -0.2) is 0 Å². The third kappa shape index (κ3) is 1.10. The van der Waals surface area contributed by atoms with Crippen LogP contribution >= 0.6 is 0 Å². The largest absolute Gasteiger partial charge is 0.429 e. The van der Waals surface area contributed by atoms with Crippen LogP contribution in [0.1, 0.15) is 5.69 Å². The summed E-state index contributed by atoms with van der Waals surface area (Å²) in [5.74, 6) is 0. The van der Waals surface area contributed by atoms with E-state index in [0.717, 1.165) is 4.73 Å². The molecule has 3 heteroatoms. The zero-order chi connectivity index (χ0) is 6.85. The van der Waals surface area contributed by atoms with E-state index >= 15 is 0 Å². The number of hydrogen-bond acceptors (Lipinski definition) is 2.